The van der Waals surface area contributed by atoms with Gasteiger partial charge in [-0.1, -0.05) is 0 Å². The zero-order valence-corrected chi connectivity index (χ0v) is 16.3. The monoisotopic (exact) mass is 397 g/mol. The van der Waals surface area contributed by atoms with E-state index >= 15 is 0 Å². The summed E-state index contributed by atoms with van der Waals surface area (Å²) in [6, 6.07) is 8.26. The van der Waals surface area contributed by atoms with E-state index in [0.717, 1.165) is 25.9 Å². The number of ether oxygens (including phenoxy) is 1. The fourth-order valence-corrected chi connectivity index (χ4v) is 3.77. The number of fused-ring (bicyclic) bond motifs is 1. The van der Waals surface area contributed by atoms with Crippen LogP contribution in [0.4, 0.5) is 4.39 Å². The van der Waals surface area contributed by atoms with Crippen LogP contribution in [0.15, 0.2) is 42.7 Å². The summed E-state index contributed by atoms with van der Waals surface area (Å²) >= 11 is 0. The molecule has 1 N–H and O–H groups in total. The van der Waals surface area contributed by atoms with Gasteiger partial charge in [0.1, 0.15) is 11.6 Å². The van der Waals surface area contributed by atoms with Gasteiger partial charge in [-0.05, 0) is 49.6 Å². The van der Waals surface area contributed by atoms with Crippen LogP contribution in [0.25, 0.3) is 5.65 Å². The summed E-state index contributed by atoms with van der Waals surface area (Å²) in [6.45, 7) is 2.83. The van der Waals surface area contributed by atoms with Crippen molar-refractivity contribution < 1.29 is 13.9 Å². The second-order valence-electron chi connectivity index (χ2n) is 7.36. The summed E-state index contributed by atoms with van der Waals surface area (Å²) < 4.78 is 20.9. The Bertz CT molecular complexity index is 973. The predicted molar refractivity (Wildman–Crippen MR) is 106 cm³/mol. The van der Waals surface area contributed by atoms with Crippen LogP contribution in [0.5, 0.6) is 5.75 Å². The number of methoxy groups -OCH3 is 1. The van der Waals surface area contributed by atoms with Crippen molar-refractivity contribution in [3.05, 3.63) is 59.8 Å². The number of rotatable bonds is 6. The predicted octanol–water partition coefficient (Wildman–Crippen LogP) is 2.52. The summed E-state index contributed by atoms with van der Waals surface area (Å²) in [5, 5.41) is 7.23. The molecule has 1 aliphatic heterocycles. The van der Waals surface area contributed by atoms with Crippen LogP contribution in [0.2, 0.25) is 0 Å². The highest BCUT2D eigenvalue weighted by atomic mass is 19.1. The van der Waals surface area contributed by atoms with Gasteiger partial charge in [0.2, 0.25) is 0 Å². The van der Waals surface area contributed by atoms with Gasteiger partial charge < -0.3 is 10.1 Å². The van der Waals surface area contributed by atoms with Gasteiger partial charge in [0.15, 0.2) is 11.3 Å². The van der Waals surface area contributed by atoms with Gasteiger partial charge in [-0.15, -0.1) is 0 Å². The molecule has 1 fully saturated rings. The normalized spacial score (nSPS) is 17.4. The molecule has 1 aliphatic rings. The minimum atomic E-state index is -0.221. The van der Waals surface area contributed by atoms with Gasteiger partial charge >= 0.3 is 0 Å². The SMILES string of the molecule is COc1ccc(F)c(CN2CCCC(CNC(=O)c3cc4ncccn4n3)C2)c1. The van der Waals surface area contributed by atoms with E-state index in [1.807, 2.05) is 0 Å². The molecule has 0 aliphatic carbocycles. The van der Waals surface area contributed by atoms with E-state index in [9.17, 15) is 9.18 Å². The number of nitrogens with zero attached hydrogens (tertiary/aromatic N) is 4. The van der Waals surface area contributed by atoms with Gasteiger partial charge in [0.25, 0.3) is 5.91 Å². The Labute approximate surface area is 168 Å². The molecule has 0 saturated carbocycles. The van der Waals surface area contributed by atoms with Crippen molar-refractivity contribution in [3.63, 3.8) is 0 Å². The van der Waals surface area contributed by atoms with Crippen molar-refractivity contribution in [1.29, 1.82) is 0 Å². The number of nitrogens with one attached hydrogen (secondary N) is 1. The molecule has 3 heterocycles. The largest absolute Gasteiger partial charge is 0.497 e. The lowest BCUT2D eigenvalue weighted by Crippen LogP contribution is -2.40. The van der Waals surface area contributed by atoms with Gasteiger partial charge in [-0.2, -0.15) is 5.10 Å². The topological polar surface area (TPSA) is 71.8 Å². The first-order valence-electron chi connectivity index (χ1n) is 9.76. The number of likely N-dealkylation sites (tertiary alicyclic amines) is 1. The fourth-order valence-electron chi connectivity index (χ4n) is 3.77. The molecule has 2 aromatic heterocycles. The van der Waals surface area contributed by atoms with Crippen LogP contribution in [-0.4, -0.2) is 52.1 Å². The number of hydrogen-bond acceptors (Lipinski definition) is 5. The minimum Gasteiger partial charge on any atom is -0.497 e. The highest BCUT2D eigenvalue weighted by molar-refractivity contribution is 5.93. The third-order valence-corrected chi connectivity index (χ3v) is 5.27. The van der Waals surface area contributed by atoms with Crippen molar-refractivity contribution in [2.75, 3.05) is 26.7 Å². The van der Waals surface area contributed by atoms with Gasteiger partial charge in [-0.3, -0.25) is 9.69 Å². The van der Waals surface area contributed by atoms with Gasteiger partial charge in [0.05, 0.1) is 7.11 Å². The summed E-state index contributed by atoms with van der Waals surface area (Å²) in [5.74, 6) is 0.550. The van der Waals surface area contributed by atoms with Gasteiger partial charge in [0, 0.05) is 43.7 Å². The summed E-state index contributed by atoms with van der Waals surface area (Å²) in [7, 11) is 1.58. The third kappa shape index (κ3) is 4.54. The Hall–Kier alpha value is -3.00. The molecular weight excluding hydrogens is 373 g/mol. The molecule has 1 saturated heterocycles. The maximum absolute atomic E-state index is 14.1. The van der Waals surface area contributed by atoms with Crippen LogP contribution >= 0.6 is 0 Å². The molecule has 29 heavy (non-hydrogen) atoms. The second-order valence-corrected chi connectivity index (χ2v) is 7.36. The lowest BCUT2D eigenvalue weighted by Gasteiger charge is -2.33. The molecule has 8 heteroatoms. The second kappa shape index (κ2) is 8.57. The number of carbonyl (C=O) groups is 1. The van der Waals surface area contributed by atoms with E-state index in [2.05, 4.69) is 20.3 Å². The quantitative estimate of drug-likeness (QED) is 0.692. The number of halogens is 1. The lowest BCUT2D eigenvalue weighted by atomic mass is 9.97. The number of aromatic nitrogens is 3. The molecule has 1 aromatic carbocycles. The number of amides is 1. The molecule has 1 unspecified atom stereocenters. The number of benzene rings is 1. The zero-order valence-electron chi connectivity index (χ0n) is 16.3. The van der Waals surface area contributed by atoms with E-state index < -0.39 is 0 Å². The van der Waals surface area contributed by atoms with Crippen molar-refractivity contribution in [2.45, 2.75) is 19.4 Å². The standard InChI is InChI=1S/C21H24FN5O2/c1-29-17-5-6-18(22)16(10-17)14-26-8-2-4-15(13-26)12-24-21(28)19-11-20-23-7-3-9-27(20)25-19/h3,5-7,9-11,15H,2,4,8,12-14H2,1H3,(H,24,28). The smallest absolute Gasteiger partial charge is 0.271 e. The van der Waals surface area contributed by atoms with Crippen molar-refractivity contribution in [2.24, 2.45) is 5.92 Å². The summed E-state index contributed by atoms with van der Waals surface area (Å²) in [4.78, 5) is 18.9. The Balaban J connectivity index is 1.33. The first kappa shape index (κ1) is 19.3. The lowest BCUT2D eigenvalue weighted by molar-refractivity contribution is 0.0925. The maximum atomic E-state index is 14.1. The van der Waals surface area contributed by atoms with E-state index in [1.54, 1.807) is 48.3 Å². The minimum absolute atomic E-state index is 0.202. The number of hydrogen-bond donors (Lipinski definition) is 1. The molecule has 7 nitrogen and oxygen atoms in total. The Morgan fingerprint density at radius 2 is 2.28 bits per heavy atom. The Kier molecular flexibility index (Phi) is 5.71. The van der Waals surface area contributed by atoms with Crippen LogP contribution < -0.4 is 10.1 Å². The third-order valence-electron chi connectivity index (χ3n) is 5.27. The molecule has 0 bridgehead atoms. The summed E-state index contributed by atoms with van der Waals surface area (Å²) in [6.07, 6.45) is 5.48. The molecular formula is C21H24FN5O2. The van der Waals surface area contributed by atoms with Crippen LogP contribution in [0.3, 0.4) is 0 Å². The van der Waals surface area contributed by atoms with E-state index in [4.69, 9.17) is 4.74 Å². The van der Waals surface area contributed by atoms with Gasteiger partial charge in [-0.25, -0.2) is 13.9 Å². The number of carbonyl (C=O) groups excluding carboxylic acids is 1. The van der Waals surface area contributed by atoms with Crippen molar-refractivity contribution in [3.8, 4) is 5.75 Å². The van der Waals surface area contributed by atoms with E-state index in [0.29, 0.717) is 41.7 Å². The Morgan fingerprint density at radius 3 is 3.10 bits per heavy atom. The fraction of sp³-hybridized carbons (Fsp3) is 0.381. The zero-order chi connectivity index (χ0) is 20.2. The number of piperidine rings is 1. The summed E-state index contributed by atoms with van der Waals surface area (Å²) in [5.41, 5.74) is 1.63. The average Bonchev–Trinajstić information content (AvgIpc) is 3.18. The van der Waals surface area contributed by atoms with Crippen molar-refractivity contribution in [1.82, 2.24) is 24.8 Å². The molecule has 1 amide bonds. The maximum Gasteiger partial charge on any atom is 0.271 e. The van der Waals surface area contributed by atoms with Crippen molar-refractivity contribution >= 4 is 11.6 Å². The van der Waals surface area contributed by atoms with E-state index in [1.165, 1.54) is 6.07 Å². The highest BCUT2D eigenvalue weighted by Crippen LogP contribution is 2.22. The van der Waals surface area contributed by atoms with Crippen LogP contribution in [0.1, 0.15) is 28.9 Å². The van der Waals surface area contributed by atoms with Crippen LogP contribution in [-0.2, 0) is 6.54 Å². The average molecular weight is 397 g/mol. The molecule has 4 rings (SSSR count). The molecule has 1 atom stereocenters. The first-order chi connectivity index (χ1) is 14.1. The highest BCUT2D eigenvalue weighted by Gasteiger charge is 2.22. The molecule has 152 valence electrons. The molecule has 3 aromatic rings. The molecule has 0 radical (unpaired) electrons. The van der Waals surface area contributed by atoms with E-state index in [-0.39, 0.29) is 11.7 Å². The molecule has 0 spiro atoms. The van der Waals surface area contributed by atoms with Crippen LogP contribution in [0, 0.1) is 11.7 Å². The Morgan fingerprint density at radius 1 is 1.38 bits per heavy atom. The first-order valence-corrected chi connectivity index (χ1v) is 9.76.